The van der Waals surface area contributed by atoms with E-state index in [0.29, 0.717) is 18.6 Å². The summed E-state index contributed by atoms with van der Waals surface area (Å²) in [5.41, 5.74) is 1.83. The van der Waals surface area contributed by atoms with Gasteiger partial charge in [0.2, 0.25) is 0 Å². The molecule has 0 saturated carbocycles. The van der Waals surface area contributed by atoms with Crippen LogP contribution in [-0.4, -0.2) is 12.6 Å². The number of esters is 1. The summed E-state index contributed by atoms with van der Waals surface area (Å²) in [6, 6.07) is 9.90. The lowest BCUT2D eigenvalue weighted by Gasteiger charge is -2.06. The first-order valence-electron chi connectivity index (χ1n) is 5.14. The molecular weight excluding hydrogens is 188 g/mol. The van der Waals surface area contributed by atoms with E-state index in [-0.39, 0.29) is 5.97 Å². The number of ether oxygens (including phenoxy) is 1. The summed E-state index contributed by atoms with van der Waals surface area (Å²) in [5.74, 6) is -0.219. The number of hydrogen-bond acceptors (Lipinski definition) is 2. The van der Waals surface area contributed by atoms with Crippen molar-refractivity contribution in [3.05, 3.63) is 47.5 Å². The van der Waals surface area contributed by atoms with Crippen LogP contribution in [0.1, 0.15) is 19.4 Å². The Morgan fingerprint density at radius 2 is 2.00 bits per heavy atom. The summed E-state index contributed by atoms with van der Waals surface area (Å²) in [7, 11) is 0. The van der Waals surface area contributed by atoms with Gasteiger partial charge in [-0.25, -0.2) is 4.79 Å². The second kappa shape index (κ2) is 6.02. The van der Waals surface area contributed by atoms with E-state index in [2.05, 4.69) is 0 Å². The van der Waals surface area contributed by atoms with Gasteiger partial charge in [0, 0.05) is 12.0 Å². The molecule has 1 rings (SSSR count). The second-order valence-electron chi connectivity index (χ2n) is 3.20. The molecule has 15 heavy (non-hydrogen) atoms. The third kappa shape index (κ3) is 3.58. The molecule has 2 heteroatoms. The summed E-state index contributed by atoms with van der Waals surface area (Å²) < 4.78 is 4.96. The molecule has 0 unspecified atom stereocenters. The Balaban J connectivity index is 2.67. The maximum absolute atomic E-state index is 11.5. The van der Waals surface area contributed by atoms with E-state index in [0.717, 1.165) is 5.56 Å². The first-order chi connectivity index (χ1) is 7.27. The normalized spacial score (nSPS) is 11.2. The number of rotatable bonds is 4. The number of allylic oxidation sites excluding steroid dienone is 1. The first kappa shape index (κ1) is 11.5. The van der Waals surface area contributed by atoms with Crippen LogP contribution in [0.25, 0.3) is 0 Å². The van der Waals surface area contributed by atoms with Gasteiger partial charge in [0.25, 0.3) is 0 Å². The van der Waals surface area contributed by atoms with Gasteiger partial charge in [-0.3, -0.25) is 0 Å². The van der Waals surface area contributed by atoms with Crippen molar-refractivity contribution in [1.82, 2.24) is 0 Å². The van der Waals surface area contributed by atoms with E-state index in [1.165, 1.54) is 0 Å². The van der Waals surface area contributed by atoms with Crippen LogP contribution in [-0.2, 0) is 16.0 Å². The Morgan fingerprint density at radius 1 is 1.33 bits per heavy atom. The minimum atomic E-state index is -0.219. The van der Waals surface area contributed by atoms with Gasteiger partial charge in [0.05, 0.1) is 6.61 Å². The van der Waals surface area contributed by atoms with Crippen molar-refractivity contribution < 1.29 is 9.53 Å². The smallest absolute Gasteiger partial charge is 0.333 e. The number of carbonyl (C=O) groups is 1. The molecule has 0 atom stereocenters. The quantitative estimate of drug-likeness (QED) is 0.557. The zero-order chi connectivity index (χ0) is 11.1. The third-order valence-corrected chi connectivity index (χ3v) is 2.12. The van der Waals surface area contributed by atoms with Crippen LogP contribution in [0.5, 0.6) is 0 Å². The maximum atomic E-state index is 11.5. The first-order valence-corrected chi connectivity index (χ1v) is 5.14. The van der Waals surface area contributed by atoms with Crippen LogP contribution < -0.4 is 0 Å². The van der Waals surface area contributed by atoms with Gasteiger partial charge in [0.15, 0.2) is 0 Å². The van der Waals surface area contributed by atoms with Crippen molar-refractivity contribution in [1.29, 1.82) is 0 Å². The minimum Gasteiger partial charge on any atom is -0.463 e. The lowest BCUT2D eigenvalue weighted by atomic mass is 10.1. The summed E-state index contributed by atoms with van der Waals surface area (Å²) >= 11 is 0. The van der Waals surface area contributed by atoms with Gasteiger partial charge in [-0.2, -0.15) is 0 Å². The molecule has 0 aromatic heterocycles. The Hall–Kier alpha value is -1.57. The highest BCUT2D eigenvalue weighted by molar-refractivity contribution is 5.88. The zero-order valence-electron chi connectivity index (χ0n) is 9.19. The molecule has 0 amide bonds. The SMILES string of the molecule is C/C=C(\Cc1ccccc1)C(=O)OCC. The fourth-order valence-electron chi connectivity index (χ4n) is 1.33. The highest BCUT2D eigenvalue weighted by atomic mass is 16.5. The van der Waals surface area contributed by atoms with Gasteiger partial charge in [-0.1, -0.05) is 36.4 Å². The summed E-state index contributed by atoms with van der Waals surface area (Å²) in [4.78, 5) is 11.5. The van der Waals surface area contributed by atoms with Gasteiger partial charge in [-0.05, 0) is 19.4 Å². The molecule has 0 heterocycles. The largest absolute Gasteiger partial charge is 0.463 e. The standard InChI is InChI=1S/C13H16O2/c1-3-12(13(14)15-4-2)10-11-8-6-5-7-9-11/h3,5-9H,4,10H2,1-2H3/b12-3+. The van der Waals surface area contributed by atoms with Crippen LogP contribution in [0, 0.1) is 0 Å². The Bertz CT molecular complexity index is 339. The van der Waals surface area contributed by atoms with Crippen molar-refractivity contribution in [3.63, 3.8) is 0 Å². The average molecular weight is 204 g/mol. The third-order valence-electron chi connectivity index (χ3n) is 2.12. The monoisotopic (exact) mass is 204 g/mol. The van der Waals surface area contributed by atoms with Crippen LogP contribution in [0.3, 0.4) is 0 Å². The van der Waals surface area contributed by atoms with Crippen LogP contribution in [0.15, 0.2) is 42.0 Å². The molecule has 0 aliphatic heterocycles. The molecule has 1 aromatic carbocycles. The van der Waals surface area contributed by atoms with E-state index in [9.17, 15) is 4.79 Å². The van der Waals surface area contributed by atoms with E-state index < -0.39 is 0 Å². The lowest BCUT2D eigenvalue weighted by molar-refractivity contribution is -0.138. The molecule has 80 valence electrons. The number of hydrogen-bond donors (Lipinski definition) is 0. The van der Waals surface area contributed by atoms with E-state index in [4.69, 9.17) is 4.74 Å². The molecular formula is C13H16O2. The molecule has 0 N–H and O–H groups in total. The van der Waals surface area contributed by atoms with E-state index in [1.807, 2.05) is 50.3 Å². The molecule has 0 radical (unpaired) electrons. The molecule has 0 fully saturated rings. The summed E-state index contributed by atoms with van der Waals surface area (Å²) in [6.07, 6.45) is 2.45. The molecule has 2 nitrogen and oxygen atoms in total. The predicted molar refractivity (Wildman–Crippen MR) is 60.5 cm³/mol. The highest BCUT2D eigenvalue weighted by Crippen LogP contribution is 2.09. The van der Waals surface area contributed by atoms with Crippen LogP contribution >= 0.6 is 0 Å². The van der Waals surface area contributed by atoms with E-state index >= 15 is 0 Å². The van der Waals surface area contributed by atoms with Crippen LogP contribution in [0.2, 0.25) is 0 Å². The van der Waals surface area contributed by atoms with Crippen molar-refractivity contribution in [3.8, 4) is 0 Å². The maximum Gasteiger partial charge on any atom is 0.333 e. The van der Waals surface area contributed by atoms with Crippen molar-refractivity contribution in [2.45, 2.75) is 20.3 Å². The second-order valence-corrected chi connectivity index (χ2v) is 3.20. The fraction of sp³-hybridized carbons (Fsp3) is 0.308. The van der Waals surface area contributed by atoms with Gasteiger partial charge >= 0.3 is 5.97 Å². The topological polar surface area (TPSA) is 26.3 Å². The Kier molecular flexibility index (Phi) is 4.61. The Morgan fingerprint density at radius 3 is 2.53 bits per heavy atom. The summed E-state index contributed by atoms with van der Waals surface area (Å²) in [5, 5.41) is 0. The Labute approximate surface area is 90.6 Å². The molecule has 0 aliphatic carbocycles. The van der Waals surface area contributed by atoms with Crippen LogP contribution in [0.4, 0.5) is 0 Å². The molecule has 0 bridgehead atoms. The molecule has 0 aliphatic rings. The number of carbonyl (C=O) groups excluding carboxylic acids is 1. The summed E-state index contributed by atoms with van der Waals surface area (Å²) in [6.45, 7) is 4.09. The zero-order valence-corrected chi connectivity index (χ0v) is 9.19. The van der Waals surface area contributed by atoms with Gasteiger partial charge < -0.3 is 4.74 Å². The molecule has 0 spiro atoms. The lowest BCUT2D eigenvalue weighted by Crippen LogP contribution is -2.09. The molecule has 0 saturated heterocycles. The van der Waals surface area contributed by atoms with E-state index in [1.54, 1.807) is 0 Å². The highest BCUT2D eigenvalue weighted by Gasteiger charge is 2.09. The number of benzene rings is 1. The molecule has 1 aromatic rings. The van der Waals surface area contributed by atoms with Gasteiger partial charge in [0.1, 0.15) is 0 Å². The van der Waals surface area contributed by atoms with Crippen molar-refractivity contribution in [2.24, 2.45) is 0 Å². The van der Waals surface area contributed by atoms with Crippen molar-refractivity contribution >= 4 is 5.97 Å². The van der Waals surface area contributed by atoms with Gasteiger partial charge in [-0.15, -0.1) is 0 Å². The minimum absolute atomic E-state index is 0.219. The fourth-order valence-corrected chi connectivity index (χ4v) is 1.33. The average Bonchev–Trinajstić information content (AvgIpc) is 2.27. The van der Waals surface area contributed by atoms with Crippen molar-refractivity contribution in [2.75, 3.05) is 6.61 Å². The predicted octanol–water partition coefficient (Wildman–Crippen LogP) is 2.74.